The molecule has 1 saturated carbocycles. The molecule has 9 heteroatoms. The standard InChI is InChI=1S/C28H39N5O4/c1-20-14-32(25-29-12-24(13-30-25)36-19-27(3,4)35)15-21(2)33(20)26(34)37-23-10-28(11-23)17-31(18-28)16-22-8-6-5-7-9-22/h5-9,12-13,20-21,23,35H,10-11,14-19H2,1-4H3/t20-,21+. The quantitative estimate of drug-likeness (QED) is 0.608. The van der Waals surface area contributed by atoms with E-state index in [9.17, 15) is 9.90 Å². The predicted octanol–water partition coefficient (Wildman–Crippen LogP) is 3.33. The molecule has 2 aliphatic heterocycles. The molecule has 37 heavy (non-hydrogen) atoms. The first-order chi connectivity index (χ1) is 17.6. The van der Waals surface area contributed by atoms with Crippen molar-refractivity contribution < 1.29 is 19.4 Å². The zero-order chi connectivity index (χ0) is 26.2. The van der Waals surface area contributed by atoms with Gasteiger partial charge in [0.05, 0.1) is 30.1 Å². The summed E-state index contributed by atoms with van der Waals surface area (Å²) in [6, 6.07) is 10.5. The Morgan fingerprint density at radius 2 is 1.70 bits per heavy atom. The van der Waals surface area contributed by atoms with Crippen LogP contribution in [-0.2, 0) is 11.3 Å². The van der Waals surface area contributed by atoms with E-state index in [1.807, 2.05) is 18.7 Å². The molecule has 1 spiro atoms. The van der Waals surface area contributed by atoms with Gasteiger partial charge in [-0.15, -0.1) is 0 Å². The van der Waals surface area contributed by atoms with Crippen LogP contribution < -0.4 is 9.64 Å². The lowest BCUT2D eigenvalue weighted by molar-refractivity contribution is -0.137. The lowest BCUT2D eigenvalue weighted by Crippen LogP contribution is -2.65. The molecule has 2 atom stereocenters. The highest BCUT2D eigenvalue weighted by Gasteiger charge is 2.54. The molecule has 3 aliphatic rings. The van der Waals surface area contributed by atoms with Crippen molar-refractivity contribution >= 4 is 12.0 Å². The molecule has 3 fully saturated rings. The first kappa shape index (κ1) is 25.7. The van der Waals surface area contributed by atoms with Gasteiger partial charge in [0, 0.05) is 38.1 Å². The fraction of sp³-hybridized carbons (Fsp3) is 0.607. The molecule has 1 N–H and O–H groups in total. The molecule has 5 rings (SSSR count). The molecule has 1 aliphatic carbocycles. The van der Waals surface area contributed by atoms with Crippen molar-refractivity contribution in [2.75, 3.05) is 37.7 Å². The Morgan fingerprint density at radius 3 is 2.30 bits per heavy atom. The smallest absolute Gasteiger partial charge is 0.410 e. The first-order valence-electron chi connectivity index (χ1n) is 13.3. The van der Waals surface area contributed by atoms with E-state index in [0.29, 0.717) is 30.2 Å². The Kier molecular flexibility index (Phi) is 7.02. The van der Waals surface area contributed by atoms with Crippen LogP contribution >= 0.6 is 0 Å². The molecule has 3 heterocycles. The second-order valence-electron chi connectivity index (χ2n) is 11.9. The van der Waals surface area contributed by atoms with Gasteiger partial charge in [0.15, 0.2) is 5.75 Å². The average molecular weight is 510 g/mol. The molecule has 0 bridgehead atoms. The van der Waals surface area contributed by atoms with E-state index in [0.717, 1.165) is 32.5 Å². The van der Waals surface area contributed by atoms with E-state index in [-0.39, 0.29) is 30.9 Å². The van der Waals surface area contributed by atoms with E-state index < -0.39 is 5.60 Å². The number of nitrogens with zero attached hydrogens (tertiary/aromatic N) is 5. The highest BCUT2D eigenvalue weighted by molar-refractivity contribution is 5.69. The van der Waals surface area contributed by atoms with Crippen LogP contribution in [0.1, 0.15) is 46.1 Å². The number of hydrogen-bond acceptors (Lipinski definition) is 8. The molecule has 2 saturated heterocycles. The summed E-state index contributed by atoms with van der Waals surface area (Å²) in [5.41, 5.74) is 0.757. The van der Waals surface area contributed by atoms with Gasteiger partial charge in [0.1, 0.15) is 12.7 Å². The monoisotopic (exact) mass is 509 g/mol. The number of anilines is 1. The van der Waals surface area contributed by atoms with Crippen molar-refractivity contribution in [1.29, 1.82) is 0 Å². The Bertz CT molecular complexity index is 1050. The summed E-state index contributed by atoms with van der Waals surface area (Å²) in [5.74, 6) is 1.12. The van der Waals surface area contributed by atoms with E-state index in [2.05, 4.69) is 50.1 Å². The fourth-order valence-corrected chi connectivity index (χ4v) is 5.96. The Balaban J connectivity index is 1.07. The maximum absolute atomic E-state index is 13.1. The maximum Gasteiger partial charge on any atom is 0.410 e. The summed E-state index contributed by atoms with van der Waals surface area (Å²) >= 11 is 0. The number of aromatic nitrogens is 2. The number of likely N-dealkylation sites (tertiary alicyclic amines) is 1. The van der Waals surface area contributed by atoms with Crippen molar-refractivity contribution in [1.82, 2.24) is 19.8 Å². The fourth-order valence-electron chi connectivity index (χ4n) is 5.96. The molecule has 9 nitrogen and oxygen atoms in total. The van der Waals surface area contributed by atoms with Crippen LogP contribution in [0.5, 0.6) is 5.75 Å². The highest BCUT2D eigenvalue weighted by Crippen LogP contribution is 2.50. The molecule has 0 radical (unpaired) electrons. The molecule has 2 aromatic rings. The molecule has 1 aromatic carbocycles. The van der Waals surface area contributed by atoms with Crippen LogP contribution in [0.4, 0.5) is 10.7 Å². The Hall–Kier alpha value is -2.91. The Morgan fingerprint density at radius 1 is 1.08 bits per heavy atom. The zero-order valence-electron chi connectivity index (χ0n) is 22.3. The second kappa shape index (κ2) is 10.1. The summed E-state index contributed by atoms with van der Waals surface area (Å²) in [7, 11) is 0. The van der Waals surface area contributed by atoms with E-state index in [1.165, 1.54) is 5.56 Å². The number of ether oxygens (including phenoxy) is 2. The van der Waals surface area contributed by atoms with Gasteiger partial charge in [0.2, 0.25) is 5.95 Å². The Labute approximate surface area is 219 Å². The van der Waals surface area contributed by atoms with Crippen LogP contribution in [-0.4, -0.2) is 87.5 Å². The normalized spacial score (nSPS) is 23.9. The lowest BCUT2D eigenvalue weighted by Gasteiger charge is -2.58. The lowest BCUT2D eigenvalue weighted by atomic mass is 9.61. The van der Waals surface area contributed by atoms with Crippen molar-refractivity contribution in [3.05, 3.63) is 48.3 Å². The van der Waals surface area contributed by atoms with Crippen LogP contribution in [0.2, 0.25) is 0 Å². The number of carbonyl (C=O) groups is 1. The van der Waals surface area contributed by atoms with Gasteiger partial charge in [-0.05, 0) is 46.1 Å². The first-order valence-corrected chi connectivity index (χ1v) is 13.3. The van der Waals surface area contributed by atoms with Gasteiger partial charge < -0.3 is 19.5 Å². The van der Waals surface area contributed by atoms with Crippen molar-refractivity contribution in [2.45, 2.75) is 70.9 Å². The van der Waals surface area contributed by atoms with Gasteiger partial charge >= 0.3 is 6.09 Å². The number of carbonyl (C=O) groups excluding carboxylic acids is 1. The number of aliphatic hydroxyl groups is 1. The molecular weight excluding hydrogens is 470 g/mol. The number of amides is 1. The SMILES string of the molecule is C[C@@H]1CN(c2ncc(OCC(C)(C)O)cn2)C[C@H](C)N1C(=O)OC1CC2(C1)CN(Cc1ccccc1)C2. The van der Waals surface area contributed by atoms with Gasteiger partial charge in [-0.1, -0.05) is 30.3 Å². The van der Waals surface area contributed by atoms with Gasteiger partial charge in [-0.2, -0.15) is 0 Å². The predicted molar refractivity (Wildman–Crippen MR) is 140 cm³/mol. The molecule has 200 valence electrons. The minimum absolute atomic E-state index is 0.0172. The number of piperazine rings is 1. The van der Waals surface area contributed by atoms with Gasteiger partial charge in [0.25, 0.3) is 0 Å². The third-order valence-corrected chi connectivity index (χ3v) is 7.58. The summed E-state index contributed by atoms with van der Waals surface area (Å²) in [6.45, 7) is 12.1. The van der Waals surface area contributed by atoms with Crippen LogP contribution in [0.3, 0.4) is 0 Å². The van der Waals surface area contributed by atoms with Crippen molar-refractivity contribution in [2.24, 2.45) is 5.41 Å². The zero-order valence-corrected chi connectivity index (χ0v) is 22.3. The largest absolute Gasteiger partial charge is 0.487 e. The molecule has 1 aromatic heterocycles. The molecular formula is C28H39N5O4. The van der Waals surface area contributed by atoms with E-state index >= 15 is 0 Å². The number of benzene rings is 1. The van der Waals surface area contributed by atoms with Crippen molar-refractivity contribution in [3.63, 3.8) is 0 Å². The van der Waals surface area contributed by atoms with Crippen LogP contribution in [0.15, 0.2) is 42.7 Å². The van der Waals surface area contributed by atoms with Gasteiger partial charge in [-0.25, -0.2) is 14.8 Å². The maximum atomic E-state index is 13.1. The van der Waals surface area contributed by atoms with Crippen molar-refractivity contribution in [3.8, 4) is 5.75 Å². The number of rotatable bonds is 7. The minimum Gasteiger partial charge on any atom is -0.487 e. The summed E-state index contributed by atoms with van der Waals surface area (Å²) < 4.78 is 11.5. The second-order valence-corrected chi connectivity index (χ2v) is 11.9. The van der Waals surface area contributed by atoms with Crippen LogP contribution in [0.25, 0.3) is 0 Å². The van der Waals surface area contributed by atoms with E-state index in [4.69, 9.17) is 9.47 Å². The third kappa shape index (κ3) is 5.99. The average Bonchev–Trinajstić information content (AvgIpc) is 2.80. The number of hydrogen-bond donors (Lipinski definition) is 1. The molecule has 0 unspecified atom stereocenters. The minimum atomic E-state index is -0.921. The molecule has 1 amide bonds. The third-order valence-electron chi connectivity index (χ3n) is 7.58. The summed E-state index contributed by atoms with van der Waals surface area (Å²) in [5, 5.41) is 9.82. The highest BCUT2D eigenvalue weighted by atomic mass is 16.6. The van der Waals surface area contributed by atoms with Crippen LogP contribution in [0, 0.1) is 5.41 Å². The summed E-state index contributed by atoms with van der Waals surface area (Å²) in [4.78, 5) is 28.4. The van der Waals surface area contributed by atoms with E-state index in [1.54, 1.807) is 26.2 Å². The van der Waals surface area contributed by atoms with Gasteiger partial charge in [-0.3, -0.25) is 9.80 Å². The summed E-state index contributed by atoms with van der Waals surface area (Å²) in [6.07, 6.45) is 4.97. The topological polar surface area (TPSA) is 91.3 Å².